The quantitative estimate of drug-likeness (QED) is 0.591. The monoisotopic (exact) mass is 542 g/mol. The minimum absolute atomic E-state index is 0.0272. The molecule has 1 spiro atoms. The van der Waals surface area contributed by atoms with Crippen molar-refractivity contribution in [2.45, 2.75) is 77.9 Å². The summed E-state index contributed by atoms with van der Waals surface area (Å²) in [6.45, 7) is 9.82. The second kappa shape index (κ2) is 9.94. The molecule has 1 aromatic rings. The fourth-order valence-electron chi connectivity index (χ4n) is 4.55. The first-order chi connectivity index (χ1) is 16.8. The van der Waals surface area contributed by atoms with E-state index in [2.05, 4.69) is 10.3 Å². The third-order valence-electron chi connectivity index (χ3n) is 6.68. The van der Waals surface area contributed by atoms with E-state index < -0.39 is 44.9 Å². The molecule has 2 amide bonds. The van der Waals surface area contributed by atoms with E-state index in [1.165, 1.54) is 9.21 Å². The number of carbonyl (C=O) groups is 2. The Morgan fingerprint density at radius 3 is 2.16 bits per heavy atom. The number of halogens is 2. The Balaban J connectivity index is 1.66. The van der Waals surface area contributed by atoms with Crippen molar-refractivity contribution >= 4 is 33.5 Å². The van der Waals surface area contributed by atoms with Crippen molar-refractivity contribution in [3.8, 4) is 0 Å². The van der Waals surface area contributed by atoms with Gasteiger partial charge in [0.15, 0.2) is 5.84 Å². The summed E-state index contributed by atoms with van der Waals surface area (Å²) >= 11 is 0. The lowest BCUT2D eigenvalue weighted by molar-refractivity contribution is -0.125. The Bertz CT molecular complexity index is 1190. The molecule has 0 atom stereocenters. The predicted octanol–water partition coefficient (Wildman–Crippen LogP) is 3.57. The molecule has 206 valence electrons. The molecule has 0 radical (unpaired) electrons. The molecular weight excluding hydrogens is 506 g/mol. The van der Waals surface area contributed by atoms with Crippen LogP contribution in [-0.2, 0) is 26.0 Å². The number of alkyl halides is 2. The smallest absolute Gasteiger partial charge is 0.414 e. The van der Waals surface area contributed by atoms with Crippen LogP contribution in [0.25, 0.3) is 0 Å². The van der Waals surface area contributed by atoms with E-state index in [0.29, 0.717) is 12.6 Å². The molecule has 2 aliphatic rings. The summed E-state index contributed by atoms with van der Waals surface area (Å²) in [5.41, 5.74) is 1.24. The molecule has 2 aliphatic heterocycles. The maximum absolute atomic E-state index is 13.6. The molecule has 0 aliphatic carbocycles. The van der Waals surface area contributed by atoms with Gasteiger partial charge in [0.2, 0.25) is 10.0 Å². The zero-order valence-electron chi connectivity index (χ0n) is 22.4. The summed E-state index contributed by atoms with van der Waals surface area (Å²) in [6.07, 6.45) is -0.134. The number of rotatable bonds is 6. The van der Waals surface area contributed by atoms with Crippen LogP contribution in [0.2, 0.25) is 0 Å². The minimum Gasteiger partial charge on any atom is -0.443 e. The Morgan fingerprint density at radius 2 is 1.70 bits per heavy atom. The lowest BCUT2D eigenvalue weighted by atomic mass is 9.89. The van der Waals surface area contributed by atoms with Gasteiger partial charge in [-0.1, -0.05) is 0 Å². The van der Waals surface area contributed by atoms with Crippen LogP contribution < -0.4 is 10.2 Å². The number of ether oxygens (including phenoxy) is 1. The van der Waals surface area contributed by atoms with E-state index in [-0.39, 0.29) is 38.1 Å². The van der Waals surface area contributed by atoms with Crippen molar-refractivity contribution in [1.29, 1.82) is 0 Å². The molecule has 0 saturated carbocycles. The lowest BCUT2D eigenvalue weighted by Gasteiger charge is -2.34. The van der Waals surface area contributed by atoms with E-state index in [0.717, 1.165) is 16.7 Å². The molecule has 1 aromatic carbocycles. The van der Waals surface area contributed by atoms with Crippen molar-refractivity contribution in [1.82, 2.24) is 9.62 Å². The number of amidine groups is 1. The number of benzene rings is 1. The zero-order valence-corrected chi connectivity index (χ0v) is 23.3. The summed E-state index contributed by atoms with van der Waals surface area (Å²) < 4.78 is 60.2. The number of aryl methyl sites for hydroxylation is 2. The van der Waals surface area contributed by atoms with Gasteiger partial charge in [-0.3, -0.25) is 9.69 Å². The average molecular weight is 543 g/mol. The van der Waals surface area contributed by atoms with Crippen molar-refractivity contribution < 1.29 is 31.5 Å². The largest absolute Gasteiger partial charge is 0.443 e. The highest BCUT2D eigenvalue weighted by atomic mass is 32.2. The van der Waals surface area contributed by atoms with Crippen molar-refractivity contribution in [2.75, 3.05) is 30.8 Å². The highest BCUT2D eigenvalue weighted by Crippen LogP contribution is 2.34. The van der Waals surface area contributed by atoms with E-state index in [9.17, 15) is 26.8 Å². The highest BCUT2D eigenvalue weighted by molar-refractivity contribution is 7.89. The second-order valence-corrected chi connectivity index (χ2v) is 13.0. The molecule has 2 heterocycles. The molecule has 0 aromatic heterocycles. The summed E-state index contributed by atoms with van der Waals surface area (Å²) in [7, 11) is -2.04. The van der Waals surface area contributed by atoms with Gasteiger partial charge in [-0.25, -0.2) is 22.5 Å². The van der Waals surface area contributed by atoms with Gasteiger partial charge in [-0.2, -0.15) is 8.78 Å². The van der Waals surface area contributed by atoms with Gasteiger partial charge in [-0.15, -0.1) is 0 Å². The summed E-state index contributed by atoms with van der Waals surface area (Å²) in [5.74, 6) is -4.68. The number of nitrogens with zero attached hydrogens (tertiary/aromatic N) is 3. The van der Waals surface area contributed by atoms with E-state index in [1.807, 2.05) is 26.0 Å². The third-order valence-corrected chi connectivity index (χ3v) is 8.56. The fourth-order valence-corrected chi connectivity index (χ4v) is 6.01. The van der Waals surface area contributed by atoms with E-state index in [4.69, 9.17) is 4.74 Å². The molecule has 0 unspecified atom stereocenters. The van der Waals surface area contributed by atoms with E-state index >= 15 is 0 Å². The highest BCUT2D eigenvalue weighted by Gasteiger charge is 2.50. The third kappa shape index (κ3) is 6.46. The first-order valence-corrected chi connectivity index (χ1v) is 13.8. The molecular formula is C25H36F2N4O5S. The number of aliphatic imine (C=N–C) groups is 1. The first-order valence-electron chi connectivity index (χ1n) is 12.2. The predicted molar refractivity (Wildman–Crippen MR) is 138 cm³/mol. The SMILES string of the molecule is Cc1cc(N(C)C(=O)OC(C)(C)C)cc(C)c1CCS(=O)(=O)N1CCC2(CC1)N=C(C(C)(F)F)NC2=O. The number of hydrogen-bond donors (Lipinski definition) is 1. The standard InChI is InChI=1S/C25H36F2N4O5S/c1-16-14-18(30(7)22(33)36-23(3,4)5)15-17(2)19(16)8-13-37(34,35)31-11-9-25(10-12-31)21(32)28-20(29-25)24(6,26)27/h14-15H,8-13H2,1-7H3,(H,28,29,32). The number of nitrogens with one attached hydrogen (secondary N) is 1. The van der Waals surface area contributed by atoms with Crippen LogP contribution >= 0.6 is 0 Å². The van der Waals surface area contributed by atoms with E-state index in [1.54, 1.807) is 27.8 Å². The van der Waals surface area contributed by atoms with Crippen molar-refractivity contribution in [3.05, 3.63) is 28.8 Å². The Hall–Kier alpha value is -2.60. The molecule has 9 nitrogen and oxygen atoms in total. The fraction of sp³-hybridized carbons (Fsp3) is 0.640. The number of piperidine rings is 1. The first kappa shape index (κ1) is 29.0. The molecule has 3 rings (SSSR count). The maximum Gasteiger partial charge on any atom is 0.414 e. The van der Waals surface area contributed by atoms with Crippen LogP contribution in [0.4, 0.5) is 19.3 Å². The number of sulfonamides is 1. The Labute approximate surface area is 217 Å². The second-order valence-electron chi connectivity index (χ2n) is 10.9. The molecule has 1 saturated heterocycles. The van der Waals surface area contributed by atoms with Crippen molar-refractivity contribution in [2.24, 2.45) is 4.99 Å². The Kier molecular flexibility index (Phi) is 7.78. The molecule has 12 heteroatoms. The van der Waals surface area contributed by atoms with Crippen LogP contribution in [-0.4, -0.2) is 73.5 Å². The molecule has 1 N–H and O–H groups in total. The molecule has 0 bridgehead atoms. The minimum atomic E-state index is -3.66. The van der Waals surface area contributed by atoms with Gasteiger partial charge in [0.05, 0.1) is 5.75 Å². The van der Waals surface area contributed by atoms with Gasteiger partial charge >= 0.3 is 12.0 Å². The summed E-state index contributed by atoms with van der Waals surface area (Å²) in [4.78, 5) is 30.2. The number of carbonyl (C=O) groups excluding carboxylic acids is 2. The van der Waals surface area contributed by atoms with Gasteiger partial charge < -0.3 is 10.1 Å². The van der Waals surface area contributed by atoms with Gasteiger partial charge in [0, 0.05) is 32.7 Å². The van der Waals surface area contributed by atoms with Crippen LogP contribution in [0.5, 0.6) is 0 Å². The van der Waals surface area contributed by atoms with Crippen LogP contribution in [0.1, 0.15) is 57.2 Å². The number of amides is 2. The van der Waals surface area contributed by atoms with Gasteiger partial charge in [-0.05, 0) is 82.7 Å². The summed E-state index contributed by atoms with van der Waals surface area (Å²) in [6, 6.07) is 3.64. The molecule has 1 fully saturated rings. The van der Waals surface area contributed by atoms with Gasteiger partial charge in [0.1, 0.15) is 11.1 Å². The van der Waals surface area contributed by atoms with Gasteiger partial charge in [0.25, 0.3) is 5.91 Å². The lowest BCUT2D eigenvalue weighted by Crippen LogP contribution is -2.51. The van der Waals surface area contributed by atoms with Crippen LogP contribution in [0, 0.1) is 13.8 Å². The number of hydrogen-bond acceptors (Lipinski definition) is 6. The topological polar surface area (TPSA) is 108 Å². The van der Waals surface area contributed by atoms with Crippen LogP contribution in [0.15, 0.2) is 17.1 Å². The van der Waals surface area contributed by atoms with Crippen molar-refractivity contribution in [3.63, 3.8) is 0 Å². The average Bonchev–Trinajstić information content (AvgIpc) is 3.07. The number of anilines is 1. The zero-order chi connectivity index (χ0) is 28.0. The maximum atomic E-state index is 13.6. The summed E-state index contributed by atoms with van der Waals surface area (Å²) in [5, 5.41) is 2.16. The molecule has 37 heavy (non-hydrogen) atoms. The normalized spacial score (nSPS) is 18.5. The Morgan fingerprint density at radius 1 is 1.16 bits per heavy atom. The van der Waals surface area contributed by atoms with Crippen LogP contribution in [0.3, 0.4) is 0 Å².